The first-order valence-electron chi connectivity index (χ1n) is 4.17. The lowest BCUT2D eigenvalue weighted by atomic mass is 9.98. The largest absolute Gasteiger partial charge is 0.347 e. The van der Waals surface area contributed by atoms with Crippen LogP contribution in [0.4, 0.5) is 0 Å². The predicted molar refractivity (Wildman–Crippen MR) is 51.5 cm³/mol. The number of hydrogen-bond acceptors (Lipinski definition) is 4. The molecule has 0 aliphatic heterocycles. The standard InChI is InChI=1S/C8H12Cl2O4/c1-5(7(11)13-9)3-4-6(2)8(12)14-10/h5-6H,3-4H2,1-2H3. The van der Waals surface area contributed by atoms with Gasteiger partial charge in [-0.05, 0) is 12.8 Å². The smallest absolute Gasteiger partial charge is 0.327 e. The summed E-state index contributed by atoms with van der Waals surface area (Å²) in [5.74, 6) is -1.67. The minimum Gasteiger partial charge on any atom is -0.347 e. The highest BCUT2D eigenvalue weighted by Gasteiger charge is 2.19. The van der Waals surface area contributed by atoms with Gasteiger partial charge in [-0.25, -0.2) is 0 Å². The van der Waals surface area contributed by atoms with Crippen molar-refractivity contribution in [1.29, 1.82) is 0 Å². The van der Waals surface area contributed by atoms with E-state index in [1.54, 1.807) is 13.8 Å². The Balaban J connectivity index is 3.82. The van der Waals surface area contributed by atoms with E-state index in [9.17, 15) is 9.59 Å². The topological polar surface area (TPSA) is 52.6 Å². The third-order valence-corrected chi connectivity index (χ3v) is 2.29. The summed E-state index contributed by atoms with van der Waals surface area (Å²) < 4.78 is 8.04. The maximum absolute atomic E-state index is 10.9. The van der Waals surface area contributed by atoms with Crippen LogP contribution in [-0.4, -0.2) is 11.9 Å². The van der Waals surface area contributed by atoms with Crippen LogP contribution >= 0.6 is 23.7 Å². The van der Waals surface area contributed by atoms with Crippen LogP contribution in [0.5, 0.6) is 0 Å². The molecular weight excluding hydrogens is 231 g/mol. The normalized spacial score (nSPS) is 14.3. The molecule has 0 aromatic heterocycles. The van der Waals surface area contributed by atoms with Crippen molar-refractivity contribution in [2.45, 2.75) is 26.7 Å². The van der Waals surface area contributed by atoms with Crippen molar-refractivity contribution >= 4 is 35.7 Å². The summed E-state index contributed by atoms with van der Waals surface area (Å²) in [7, 11) is 0. The molecular formula is C8H12Cl2O4. The first kappa shape index (κ1) is 13.5. The predicted octanol–water partition coefficient (Wildman–Crippen LogP) is 2.43. The van der Waals surface area contributed by atoms with Crippen molar-refractivity contribution in [3.05, 3.63) is 0 Å². The van der Waals surface area contributed by atoms with Gasteiger partial charge in [0.2, 0.25) is 0 Å². The molecule has 0 amide bonds. The highest BCUT2D eigenvalue weighted by Crippen LogP contribution is 2.15. The van der Waals surface area contributed by atoms with Crippen LogP contribution in [0, 0.1) is 11.8 Å². The van der Waals surface area contributed by atoms with Crippen molar-refractivity contribution in [3.63, 3.8) is 0 Å². The first-order valence-corrected chi connectivity index (χ1v) is 4.79. The van der Waals surface area contributed by atoms with Crippen LogP contribution in [0.1, 0.15) is 26.7 Å². The van der Waals surface area contributed by atoms with Crippen molar-refractivity contribution in [2.24, 2.45) is 11.8 Å². The highest BCUT2D eigenvalue weighted by molar-refractivity contribution is 6.13. The summed E-state index contributed by atoms with van der Waals surface area (Å²) in [5.41, 5.74) is 0. The fourth-order valence-corrected chi connectivity index (χ4v) is 1.19. The van der Waals surface area contributed by atoms with E-state index in [1.165, 1.54) is 0 Å². The van der Waals surface area contributed by atoms with Crippen LogP contribution in [0.25, 0.3) is 0 Å². The molecule has 6 heteroatoms. The number of halogens is 2. The van der Waals surface area contributed by atoms with Gasteiger partial charge in [0, 0.05) is 0 Å². The Bertz CT molecular complexity index is 186. The average molecular weight is 243 g/mol. The molecule has 0 spiro atoms. The second-order valence-electron chi connectivity index (χ2n) is 3.17. The Morgan fingerprint density at radius 2 is 1.29 bits per heavy atom. The molecule has 0 aliphatic carbocycles. The van der Waals surface area contributed by atoms with E-state index < -0.39 is 11.9 Å². The molecule has 2 atom stereocenters. The van der Waals surface area contributed by atoms with Crippen molar-refractivity contribution in [1.82, 2.24) is 0 Å². The van der Waals surface area contributed by atoms with Gasteiger partial charge < -0.3 is 8.58 Å². The number of rotatable bonds is 5. The molecule has 0 aliphatic rings. The SMILES string of the molecule is CC(CCC(C)C(=O)OCl)C(=O)OCl. The number of carbonyl (C=O) groups excluding carboxylic acids is 2. The fraction of sp³-hybridized carbons (Fsp3) is 0.750. The minimum atomic E-state index is -0.502. The van der Waals surface area contributed by atoms with Gasteiger partial charge in [-0.15, -0.1) is 0 Å². The Labute approximate surface area is 92.8 Å². The van der Waals surface area contributed by atoms with Crippen LogP contribution < -0.4 is 0 Å². The van der Waals surface area contributed by atoms with Gasteiger partial charge in [0.15, 0.2) is 0 Å². The molecule has 0 aromatic carbocycles. The zero-order chi connectivity index (χ0) is 11.1. The van der Waals surface area contributed by atoms with Gasteiger partial charge in [0.1, 0.15) is 23.7 Å². The van der Waals surface area contributed by atoms with Gasteiger partial charge in [0.05, 0.1) is 11.8 Å². The number of carbonyl (C=O) groups is 2. The molecule has 0 aromatic rings. The maximum Gasteiger partial charge on any atom is 0.327 e. The summed E-state index contributed by atoms with van der Waals surface area (Å²) in [6.07, 6.45) is 0.997. The Morgan fingerprint density at radius 1 is 1.00 bits per heavy atom. The quantitative estimate of drug-likeness (QED) is 0.744. The van der Waals surface area contributed by atoms with Crippen molar-refractivity contribution in [2.75, 3.05) is 0 Å². The third-order valence-electron chi connectivity index (χ3n) is 1.99. The molecule has 2 unspecified atom stereocenters. The van der Waals surface area contributed by atoms with Gasteiger partial charge in [-0.2, -0.15) is 0 Å². The monoisotopic (exact) mass is 242 g/mol. The van der Waals surface area contributed by atoms with E-state index in [0.29, 0.717) is 12.8 Å². The molecule has 0 rings (SSSR count). The lowest BCUT2D eigenvalue weighted by Crippen LogP contribution is -2.15. The van der Waals surface area contributed by atoms with E-state index in [-0.39, 0.29) is 11.8 Å². The van der Waals surface area contributed by atoms with Gasteiger partial charge >= 0.3 is 11.9 Å². The van der Waals surface area contributed by atoms with Gasteiger partial charge in [-0.3, -0.25) is 9.59 Å². The minimum absolute atomic E-state index is 0.335. The van der Waals surface area contributed by atoms with Crippen LogP contribution in [0.15, 0.2) is 0 Å². The molecule has 0 heterocycles. The van der Waals surface area contributed by atoms with Crippen molar-refractivity contribution < 1.29 is 18.2 Å². The fourth-order valence-electron chi connectivity index (χ4n) is 0.888. The van der Waals surface area contributed by atoms with Crippen LogP contribution in [0.3, 0.4) is 0 Å². The molecule has 82 valence electrons. The lowest BCUT2D eigenvalue weighted by molar-refractivity contribution is -0.140. The van der Waals surface area contributed by atoms with E-state index >= 15 is 0 Å². The van der Waals surface area contributed by atoms with Crippen LogP contribution in [0.2, 0.25) is 0 Å². The maximum atomic E-state index is 10.9. The summed E-state index contributed by atoms with van der Waals surface area (Å²) >= 11 is 9.78. The van der Waals surface area contributed by atoms with Crippen molar-refractivity contribution in [3.8, 4) is 0 Å². The Kier molecular flexibility index (Phi) is 6.66. The van der Waals surface area contributed by atoms with Gasteiger partial charge in [-0.1, -0.05) is 13.8 Å². The third kappa shape index (κ3) is 4.67. The molecule has 0 fully saturated rings. The van der Waals surface area contributed by atoms with E-state index in [1.807, 2.05) is 0 Å². The second kappa shape index (κ2) is 6.90. The second-order valence-corrected chi connectivity index (χ2v) is 3.48. The molecule has 14 heavy (non-hydrogen) atoms. The molecule has 0 saturated carbocycles. The van der Waals surface area contributed by atoms with E-state index in [4.69, 9.17) is 23.7 Å². The van der Waals surface area contributed by atoms with Gasteiger partial charge in [0.25, 0.3) is 0 Å². The highest BCUT2D eigenvalue weighted by atomic mass is 35.5. The molecule has 4 nitrogen and oxygen atoms in total. The van der Waals surface area contributed by atoms with E-state index in [2.05, 4.69) is 8.58 Å². The summed E-state index contributed by atoms with van der Waals surface area (Å²) in [4.78, 5) is 21.7. The summed E-state index contributed by atoms with van der Waals surface area (Å²) in [5, 5.41) is 0. The van der Waals surface area contributed by atoms with Crippen LogP contribution in [-0.2, 0) is 18.2 Å². The zero-order valence-corrected chi connectivity index (χ0v) is 9.47. The molecule has 0 saturated heterocycles. The molecule has 0 bridgehead atoms. The molecule has 0 radical (unpaired) electrons. The van der Waals surface area contributed by atoms with E-state index in [0.717, 1.165) is 0 Å². The number of hydrogen-bond donors (Lipinski definition) is 0. The average Bonchev–Trinajstić information content (AvgIpc) is 2.22. The Morgan fingerprint density at radius 3 is 1.50 bits per heavy atom. The summed E-state index contributed by atoms with van der Waals surface area (Å²) in [6.45, 7) is 3.34. The first-order chi connectivity index (χ1) is 6.52. The lowest BCUT2D eigenvalue weighted by Gasteiger charge is -2.10. The summed E-state index contributed by atoms with van der Waals surface area (Å²) in [6, 6.07) is 0. The zero-order valence-electron chi connectivity index (χ0n) is 7.96. The Hall–Kier alpha value is -0.480. The molecule has 0 N–H and O–H groups in total.